The molecular weight excluding hydrogens is 270 g/mol. The summed E-state index contributed by atoms with van der Waals surface area (Å²) in [6.45, 7) is 1.84. The zero-order valence-corrected chi connectivity index (χ0v) is 11.0. The van der Waals surface area contributed by atoms with Crippen molar-refractivity contribution in [3.05, 3.63) is 69.7 Å². The van der Waals surface area contributed by atoms with Crippen LogP contribution in [0.3, 0.4) is 0 Å². The van der Waals surface area contributed by atoms with E-state index in [1.165, 1.54) is 0 Å². The number of nitrogens with one attached hydrogen (secondary N) is 1. The van der Waals surface area contributed by atoms with E-state index in [0.717, 1.165) is 29.3 Å². The minimum Gasteiger partial charge on any atom is -0.271 e. The Morgan fingerprint density at radius 3 is 2.47 bits per heavy atom. The lowest BCUT2D eigenvalue weighted by Gasteiger charge is -2.20. The van der Waals surface area contributed by atoms with Gasteiger partial charge in [0.15, 0.2) is 0 Å². The first-order valence-electron chi connectivity index (χ1n) is 5.70. The number of halogens is 3. The summed E-state index contributed by atoms with van der Waals surface area (Å²) in [5, 5.41) is 0.580. The van der Waals surface area contributed by atoms with Crippen LogP contribution in [0.25, 0.3) is 0 Å². The Hall–Kier alpha value is -1.49. The lowest BCUT2D eigenvalue weighted by atomic mass is 9.95. The Labute approximate surface area is 115 Å². The molecule has 0 aliphatic carbocycles. The molecule has 0 aliphatic heterocycles. The third-order valence-electron chi connectivity index (χ3n) is 2.98. The molecule has 1 unspecified atom stereocenters. The topological polar surface area (TPSA) is 38.0 Å². The second-order valence-electron chi connectivity index (χ2n) is 4.27. The van der Waals surface area contributed by atoms with Gasteiger partial charge in [0.25, 0.3) is 0 Å². The summed E-state index contributed by atoms with van der Waals surface area (Å²) in [4.78, 5) is 0. The maximum atomic E-state index is 13.8. The van der Waals surface area contributed by atoms with Crippen LogP contribution in [0, 0.1) is 18.6 Å². The molecule has 19 heavy (non-hydrogen) atoms. The monoisotopic (exact) mass is 282 g/mol. The molecule has 0 saturated carbocycles. The van der Waals surface area contributed by atoms with Crippen LogP contribution < -0.4 is 11.3 Å². The Balaban J connectivity index is 2.52. The van der Waals surface area contributed by atoms with E-state index in [0.29, 0.717) is 5.02 Å². The molecule has 1 atom stereocenters. The van der Waals surface area contributed by atoms with E-state index in [9.17, 15) is 8.78 Å². The highest BCUT2D eigenvalue weighted by atomic mass is 35.5. The highest BCUT2D eigenvalue weighted by Gasteiger charge is 2.19. The largest absolute Gasteiger partial charge is 0.271 e. The van der Waals surface area contributed by atoms with Crippen LogP contribution in [0.2, 0.25) is 5.02 Å². The predicted octanol–water partition coefficient (Wildman–Crippen LogP) is 3.48. The van der Waals surface area contributed by atoms with Crippen LogP contribution in [0.5, 0.6) is 0 Å². The number of rotatable bonds is 3. The number of benzene rings is 2. The molecule has 0 heterocycles. The zero-order valence-electron chi connectivity index (χ0n) is 10.3. The Kier molecular flexibility index (Phi) is 4.14. The van der Waals surface area contributed by atoms with Crippen LogP contribution in [0.1, 0.15) is 22.7 Å². The molecule has 0 fully saturated rings. The molecule has 2 nitrogen and oxygen atoms in total. The van der Waals surface area contributed by atoms with Crippen molar-refractivity contribution in [3.63, 3.8) is 0 Å². The molecule has 0 saturated heterocycles. The summed E-state index contributed by atoms with van der Waals surface area (Å²) < 4.78 is 27.1. The third kappa shape index (κ3) is 2.92. The fraction of sp³-hybridized carbons (Fsp3) is 0.143. The predicted molar refractivity (Wildman–Crippen MR) is 71.7 cm³/mol. The highest BCUT2D eigenvalue weighted by Crippen LogP contribution is 2.28. The van der Waals surface area contributed by atoms with Gasteiger partial charge in [0.05, 0.1) is 6.04 Å². The van der Waals surface area contributed by atoms with Crippen LogP contribution >= 0.6 is 11.6 Å². The molecule has 3 N–H and O–H groups in total. The van der Waals surface area contributed by atoms with Gasteiger partial charge in [0.1, 0.15) is 11.6 Å². The van der Waals surface area contributed by atoms with Gasteiger partial charge in [0, 0.05) is 10.6 Å². The van der Waals surface area contributed by atoms with Crippen molar-refractivity contribution in [3.8, 4) is 0 Å². The van der Waals surface area contributed by atoms with Gasteiger partial charge in [-0.2, -0.15) is 0 Å². The summed E-state index contributed by atoms with van der Waals surface area (Å²) in [5.41, 5.74) is 4.27. The van der Waals surface area contributed by atoms with E-state index in [1.807, 2.05) is 6.92 Å². The number of aryl methyl sites for hydroxylation is 1. The Bertz CT molecular complexity index is 602. The highest BCUT2D eigenvalue weighted by molar-refractivity contribution is 6.30. The maximum absolute atomic E-state index is 13.8. The molecule has 100 valence electrons. The number of nitrogens with two attached hydrogens (primary N) is 1. The van der Waals surface area contributed by atoms with Crippen molar-refractivity contribution in [2.24, 2.45) is 5.84 Å². The van der Waals surface area contributed by atoms with Crippen LogP contribution in [-0.2, 0) is 0 Å². The molecule has 0 aliphatic rings. The fourth-order valence-corrected chi connectivity index (χ4v) is 2.27. The SMILES string of the molecule is Cc1cc(Cl)ccc1C(NN)c1cc(F)ccc1F. The van der Waals surface area contributed by atoms with Gasteiger partial charge < -0.3 is 0 Å². The zero-order chi connectivity index (χ0) is 14.0. The second-order valence-corrected chi connectivity index (χ2v) is 4.70. The van der Waals surface area contributed by atoms with Crippen molar-refractivity contribution < 1.29 is 8.78 Å². The van der Waals surface area contributed by atoms with Crippen LogP contribution in [-0.4, -0.2) is 0 Å². The lowest BCUT2D eigenvalue weighted by Crippen LogP contribution is -2.30. The molecule has 2 aromatic rings. The summed E-state index contributed by atoms with van der Waals surface area (Å²) in [7, 11) is 0. The van der Waals surface area contributed by atoms with Gasteiger partial charge in [-0.25, -0.2) is 14.2 Å². The van der Waals surface area contributed by atoms with Crippen molar-refractivity contribution in [2.75, 3.05) is 0 Å². The summed E-state index contributed by atoms with van der Waals surface area (Å²) in [6.07, 6.45) is 0. The smallest absolute Gasteiger partial charge is 0.128 e. The van der Waals surface area contributed by atoms with Gasteiger partial charge in [-0.1, -0.05) is 17.7 Å². The van der Waals surface area contributed by atoms with E-state index >= 15 is 0 Å². The normalized spacial score (nSPS) is 12.5. The Morgan fingerprint density at radius 2 is 1.84 bits per heavy atom. The van der Waals surface area contributed by atoms with Crippen LogP contribution in [0.4, 0.5) is 8.78 Å². The average Bonchev–Trinajstić information content (AvgIpc) is 2.36. The van der Waals surface area contributed by atoms with Crippen LogP contribution in [0.15, 0.2) is 36.4 Å². The third-order valence-corrected chi connectivity index (χ3v) is 3.21. The van der Waals surface area contributed by atoms with Gasteiger partial charge in [-0.05, 0) is 48.4 Å². The molecular formula is C14H13ClF2N2. The van der Waals surface area contributed by atoms with Crippen molar-refractivity contribution in [2.45, 2.75) is 13.0 Å². The van der Waals surface area contributed by atoms with Gasteiger partial charge in [-0.3, -0.25) is 5.84 Å². The minimum absolute atomic E-state index is 0.160. The number of hydrogen-bond acceptors (Lipinski definition) is 2. The molecule has 5 heteroatoms. The molecule has 2 aromatic carbocycles. The summed E-state index contributed by atoms with van der Waals surface area (Å²) in [5.74, 6) is 4.46. The first kappa shape index (κ1) is 13.9. The van der Waals surface area contributed by atoms with Crippen molar-refractivity contribution >= 4 is 11.6 Å². The van der Waals surface area contributed by atoms with Crippen molar-refractivity contribution in [1.82, 2.24) is 5.43 Å². The molecule has 0 aromatic heterocycles. The van der Waals surface area contributed by atoms with Gasteiger partial charge in [0.2, 0.25) is 0 Å². The Morgan fingerprint density at radius 1 is 1.11 bits per heavy atom. The van der Waals surface area contributed by atoms with E-state index in [2.05, 4.69) is 5.43 Å². The van der Waals surface area contributed by atoms with E-state index in [-0.39, 0.29) is 5.56 Å². The average molecular weight is 283 g/mol. The van der Waals surface area contributed by atoms with Crippen molar-refractivity contribution in [1.29, 1.82) is 0 Å². The maximum Gasteiger partial charge on any atom is 0.128 e. The minimum atomic E-state index is -0.632. The van der Waals surface area contributed by atoms with E-state index in [4.69, 9.17) is 17.4 Å². The first-order chi connectivity index (χ1) is 9.02. The van der Waals surface area contributed by atoms with E-state index in [1.54, 1.807) is 18.2 Å². The molecule has 0 radical (unpaired) electrons. The second kappa shape index (κ2) is 5.65. The van der Waals surface area contributed by atoms with E-state index < -0.39 is 17.7 Å². The summed E-state index contributed by atoms with van der Waals surface area (Å²) >= 11 is 5.88. The van der Waals surface area contributed by atoms with Gasteiger partial charge >= 0.3 is 0 Å². The quantitative estimate of drug-likeness (QED) is 0.668. The lowest BCUT2D eigenvalue weighted by molar-refractivity contribution is 0.544. The molecule has 0 amide bonds. The molecule has 0 bridgehead atoms. The first-order valence-corrected chi connectivity index (χ1v) is 6.08. The molecule has 0 spiro atoms. The standard InChI is InChI=1S/C14H13ClF2N2/c1-8-6-9(15)2-4-11(8)14(19-18)12-7-10(16)3-5-13(12)17/h2-7,14,19H,18H2,1H3. The fourth-order valence-electron chi connectivity index (χ4n) is 2.05. The summed E-state index contributed by atoms with van der Waals surface area (Å²) in [6, 6.07) is 7.83. The number of hydrogen-bond donors (Lipinski definition) is 2. The molecule has 2 rings (SSSR count). The van der Waals surface area contributed by atoms with Gasteiger partial charge in [-0.15, -0.1) is 0 Å². The number of hydrazine groups is 1.